The Balaban J connectivity index is 2.18. The van der Waals surface area contributed by atoms with Crippen molar-refractivity contribution >= 4 is 5.69 Å². The van der Waals surface area contributed by atoms with Gasteiger partial charge in [0, 0.05) is 25.1 Å². The van der Waals surface area contributed by atoms with Crippen LogP contribution in [0.4, 0.5) is 5.69 Å². The number of aromatic amines is 1. The maximum Gasteiger partial charge on any atom is 0.328 e. The number of rotatable bonds is 3. The van der Waals surface area contributed by atoms with E-state index in [9.17, 15) is 9.59 Å². The third kappa shape index (κ3) is 2.60. The minimum Gasteiger partial charge on any atom is -0.393 e. The van der Waals surface area contributed by atoms with Gasteiger partial charge in [-0.25, -0.2) is 4.79 Å². The first kappa shape index (κ1) is 11.1. The van der Waals surface area contributed by atoms with Crippen molar-refractivity contribution in [1.82, 2.24) is 14.5 Å². The van der Waals surface area contributed by atoms with Gasteiger partial charge in [-0.3, -0.25) is 19.3 Å². The van der Waals surface area contributed by atoms with Crippen molar-refractivity contribution in [3.05, 3.63) is 57.1 Å². The molecule has 2 heterocycles. The average Bonchev–Trinajstić information content (AvgIpc) is 2.33. The van der Waals surface area contributed by atoms with Gasteiger partial charge in [0.15, 0.2) is 0 Å². The molecule has 17 heavy (non-hydrogen) atoms. The summed E-state index contributed by atoms with van der Waals surface area (Å²) in [4.78, 5) is 28.6. The number of hydrogen-bond acceptors (Lipinski definition) is 4. The fourth-order valence-electron chi connectivity index (χ4n) is 1.49. The predicted octanol–water partition coefficient (Wildman–Crippen LogP) is -0.243. The van der Waals surface area contributed by atoms with Crippen LogP contribution < -0.4 is 17.0 Å². The first-order chi connectivity index (χ1) is 8.16. The van der Waals surface area contributed by atoms with Crippen LogP contribution in [0.2, 0.25) is 0 Å². The highest BCUT2D eigenvalue weighted by molar-refractivity contribution is 5.30. The predicted molar refractivity (Wildman–Crippen MR) is 63.7 cm³/mol. The van der Waals surface area contributed by atoms with Crippen LogP contribution in [-0.4, -0.2) is 14.5 Å². The SMILES string of the molecule is Nc1cn(CCc2cccnc2)c(=O)[nH]c1=O. The number of aromatic nitrogens is 3. The van der Waals surface area contributed by atoms with Crippen molar-refractivity contribution in [2.75, 3.05) is 5.73 Å². The minimum atomic E-state index is -0.548. The Bertz CT molecular complexity index is 615. The van der Waals surface area contributed by atoms with E-state index in [4.69, 9.17) is 5.73 Å². The molecule has 6 nitrogen and oxygen atoms in total. The highest BCUT2D eigenvalue weighted by Crippen LogP contribution is 1.98. The second-order valence-electron chi connectivity index (χ2n) is 3.65. The molecule has 0 aliphatic carbocycles. The summed E-state index contributed by atoms with van der Waals surface area (Å²) >= 11 is 0. The Kier molecular flexibility index (Phi) is 3.04. The van der Waals surface area contributed by atoms with Crippen molar-refractivity contribution in [3.8, 4) is 0 Å². The average molecular weight is 232 g/mol. The van der Waals surface area contributed by atoms with E-state index in [-0.39, 0.29) is 5.69 Å². The molecule has 0 aliphatic rings. The van der Waals surface area contributed by atoms with Gasteiger partial charge in [-0.1, -0.05) is 6.07 Å². The van der Waals surface area contributed by atoms with Gasteiger partial charge in [0.1, 0.15) is 5.69 Å². The summed E-state index contributed by atoms with van der Waals surface area (Å²) in [5.74, 6) is 0. The summed E-state index contributed by atoms with van der Waals surface area (Å²) < 4.78 is 1.38. The molecule has 0 aliphatic heterocycles. The molecule has 0 unspecified atom stereocenters. The van der Waals surface area contributed by atoms with Crippen LogP contribution in [0.15, 0.2) is 40.3 Å². The third-order valence-electron chi connectivity index (χ3n) is 2.40. The van der Waals surface area contributed by atoms with E-state index in [0.29, 0.717) is 13.0 Å². The van der Waals surface area contributed by atoms with E-state index < -0.39 is 11.2 Å². The molecule has 2 aromatic rings. The Labute approximate surface area is 96.8 Å². The first-order valence-corrected chi connectivity index (χ1v) is 5.15. The first-order valence-electron chi connectivity index (χ1n) is 5.15. The minimum absolute atomic E-state index is 0.0378. The number of nitrogens with zero attached hydrogens (tertiary/aromatic N) is 2. The van der Waals surface area contributed by atoms with E-state index in [1.807, 2.05) is 12.1 Å². The molecule has 0 saturated heterocycles. The van der Waals surface area contributed by atoms with Gasteiger partial charge in [0.05, 0.1) is 0 Å². The Morgan fingerprint density at radius 3 is 2.94 bits per heavy atom. The van der Waals surface area contributed by atoms with Crippen molar-refractivity contribution in [3.63, 3.8) is 0 Å². The van der Waals surface area contributed by atoms with Crippen molar-refractivity contribution in [1.29, 1.82) is 0 Å². The Hall–Kier alpha value is -2.37. The van der Waals surface area contributed by atoms with Crippen LogP contribution in [0, 0.1) is 0 Å². The molecular weight excluding hydrogens is 220 g/mol. The quantitative estimate of drug-likeness (QED) is 0.763. The number of pyridine rings is 1. The molecule has 0 fully saturated rings. The summed E-state index contributed by atoms with van der Waals surface area (Å²) in [6.45, 7) is 0.450. The highest BCUT2D eigenvalue weighted by atomic mass is 16.2. The van der Waals surface area contributed by atoms with Gasteiger partial charge in [0.2, 0.25) is 0 Å². The molecule has 0 aromatic carbocycles. The zero-order valence-corrected chi connectivity index (χ0v) is 9.09. The van der Waals surface area contributed by atoms with Gasteiger partial charge in [-0.2, -0.15) is 0 Å². The molecule has 88 valence electrons. The van der Waals surface area contributed by atoms with Crippen LogP contribution in [0.5, 0.6) is 0 Å². The topological polar surface area (TPSA) is 93.8 Å². The Morgan fingerprint density at radius 2 is 2.24 bits per heavy atom. The Morgan fingerprint density at radius 1 is 1.41 bits per heavy atom. The zero-order valence-electron chi connectivity index (χ0n) is 9.09. The van der Waals surface area contributed by atoms with Gasteiger partial charge >= 0.3 is 5.69 Å². The van der Waals surface area contributed by atoms with Crippen LogP contribution >= 0.6 is 0 Å². The van der Waals surface area contributed by atoms with Gasteiger partial charge in [-0.05, 0) is 18.1 Å². The lowest BCUT2D eigenvalue weighted by atomic mass is 10.2. The second kappa shape index (κ2) is 4.65. The molecule has 0 spiro atoms. The van der Waals surface area contributed by atoms with Crippen molar-refractivity contribution in [2.24, 2.45) is 0 Å². The highest BCUT2D eigenvalue weighted by Gasteiger charge is 2.01. The number of hydrogen-bond donors (Lipinski definition) is 2. The largest absolute Gasteiger partial charge is 0.393 e. The fraction of sp³-hybridized carbons (Fsp3) is 0.182. The molecule has 0 amide bonds. The number of H-pyrrole nitrogens is 1. The van der Waals surface area contributed by atoms with E-state index in [0.717, 1.165) is 5.56 Å². The molecule has 2 aromatic heterocycles. The summed E-state index contributed by atoms with van der Waals surface area (Å²) in [7, 11) is 0. The molecule has 3 N–H and O–H groups in total. The van der Waals surface area contributed by atoms with E-state index in [2.05, 4.69) is 9.97 Å². The van der Waals surface area contributed by atoms with Crippen LogP contribution in [0.25, 0.3) is 0 Å². The zero-order chi connectivity index (χ0) is 12.3. The fourth-order valence-corrected chi connectivity index (χ4v) is 1.49. The van der Waals surface area contributed by atoms with Crippen LogP contribution in [-0.2, 0) is 13.0 Å². The molecule has 0 bridgehead atoms. The molecule has 6 heteroatoms. The maximum absolute atomic E-state index is 11.4. The summed E-state index contributed by atoms with van der Waals surface area (Å²) in [6, 6.07) is 3.76. The second-order valence-corrected chi connectivity index (χ2v) is 3.65. The molecule has 0 radical (unpaired) electrons. The normalized spacial score (nSPS) is 10.4. The molecular formula is C11H12N4O2. The van der Waals surface area contributed by atoms with Gasteiger partial charge in [0.25, 0.3) is 5.56 Å². The summed E-state index contributed by atoms with van der Waals surface area (Å²) in [6.07, 6.45) is 5.44. The van der Waals surface area contributed by atoms with Crippen LogP contribution in [0.1, 0.15) is 5.56 Å². The standard InChI is InChI=1S/C11H12N4O2/c12-9-7-15(11(17)14-10(9)16)5-3-8-2-1-4-13-6-8/h1-2,4,6-7H,3,5,12H2,(H,14,16,17). The number of nitrogens with two attached hydrogens (primary N) is 1. The number of anilines is 1. The monoisotopic (exact) mass is 232 g/mol. The number of nitrogens with one attached hydrogen (secondary N) is 1. The molecule has 2 rings (SSSR count). The van der Waals surface area contributed by atoms with Gasteiger partial charge in [-0.15, -0.1) is 0 Å². The van der Waals surface area contributed by atoms with Crippen molar-refractivity contribution in [2.45, 2.75) is 13.0 Å². The maximum atomic E-state index is 11.4. The number of aryl methyl sites for hydroxylation is 2. The lowest BCUT2D eigenvalue weighted by molar-refractivity contribution is 0.646. The van der Waals surface area contributed by atoms with E-state index in [1.54, 1.807) is 12.4 Å². The smallest absolute Gasteiger partial charge is 0.328 e. The van der Waals surface area contributed by atoms with E-state index >= 15 is 0 Å². The summed E-state index contributed by atoms with van der Waals surface area (Å²) in [5.41, 5.74) is 5.50. The molecule has 0 saturated carbocycles. The lowest BCUT2D eigenvalue weighted by Gasteiger charge is -2.05. The van der Waals surface area contributed by atoms with E-state index in [1.165, 1.54) is 10.8 Å². The number of nitrogen functional groups attached to an aromatic ring is 1. The van der Waals surface area contributed by atoms with Crippen LogP contribution in [0.3, 0.4) is 0 Å². The summed E-state index contributed by atoms with van der Waals surface area (Å²) in [5, 5.41) is 0. The van der Waals surface area contributed by atoms with Crippen molar-refractivity contribution < 1.29 is 0 Å². The van der Waals surface area contributed by atoms with Gasteiger partial charge < -0.3 is 5.73 Å². The molecule has 0 atom stereocenters. The lowest BCUT2D eigenvalue weighted by Crippen LogP contribution is -2.31. The third-order valence-corrected chi connectivity index (χ3v) is 2.40.